The molecule has 1 unspecified atom stereocenters. The van der Waals surface area contributed by atoms with Crippen molar-refractivity contribution in [2.75, 3.05) is 18.5 Å². The highest BCUT2D eigenvalue weighted by atomic mass is 16.5. The van der Waals surface area contributed by atoms with Crippen molar-refractivity contribution in [3.8, 4) is 11.6 Å². The Morgan fingerprint density at radius 2 is 2.11 bits per heavy atom. The van der Waals surface area contributed by atoms with Crippen molar-refractivity contribution in [1.29, 1.82) is 0 Å². The number of anilines is 1. The third-order valence-electron chi connectivity index (χ3n) is 2.45. The number of pyridine rings is 1. The maximum atomic E-state index is 9.27. The molecule has 5 heteroatoms. The molecule has 0 fully saturated rings. The van der Waals surface area contributed by atoms with Gasteiger partial charge in [0.05, 0.1) is 12.7 Å². The molecule has 1 atom stereocenters. The zero-order chi connectivity index (χ0) is 13.5. The Labute approximate surface area is 111 Å². The van der Waals surface area contributed by atoms with E-state index in [9.17, 15) is 5.11 Å². The average Bonchev–Trinajstić information content (AvgIpc) is 2.46. The van der Waals surface area contributed by atoms with Crippen molar-refractivity contribution in [1.82, 2.24) is 4.98 Å². The molecule has 2 aromatic rings. The summed E-state index contributed by atoms with van der Waals surface area (Å²) < 4.78 is 5.59. The number of aromatic nitrogens is 1. The highest BCUT2D eigenvalue weighted by molar-refractivity contribution is 5.48. The molecule has 2 rings (SSSR count). The number of rotatable bonds is 6. The van der Waals surface area contributed by atoms with Gasteiger partial charge in [-0.25, -0.2) is 4.98 Å². The van der Waals surface area contributed by atoms with Crippen LogP contribution in [0.2, 0.25) is 0 Å². The number of hydrogen-bond donors (Lipinski definition) is 3. The van der Waals surface area contributed by atoms with Gasteiger partial charge in [-0.2, -0.15) is 0 Å². The topological polar surface area (TPSA) is 74.6 Å². The van der Waals surface area contributed by atoms with Gasteiger partial charge in [0.2, 0.25) is 5.88 Å². The predicted molar refractivity (Wildman–Crippen MR) is 72.3 cm³/mol. The van der Waals surface area contributed by atoms with Crippen molar-refractivity contribution in [2.24, 2.45) is 0 Å². The van der Waals surface area contributed by atoms with Crippen molar-refractivity contribution >= 4 is 5.69 Å². The standard InChI is InChI=1S/C14H16N2O3/c17-10-12(18)9-16-11-4-3-5-13(8-11)19-14-6-1-2-7-15-14/h1-8,12,16-18H,9-10H2. The first-order valence-corrected chi connectivity index (χ1v) is 5.99. The van der Waals surface area contributed by atoms with Crippen molar-refractivity contribution in [3.63, 3.8) is 0 Å². The minimum absolute atomic E-state index is 0.267. The van der Waals surface area contributed by atoms with Gasteiger partial charge < -0.3 is 20.3 Å². The molecule has 1 aromatic carbocycles. The molecule has 0 amide bonds. The van der Waals surface area contributed by atoms with Crippen LogP contribution in [0.5, 0.6) is 11.6 Å². The number of nitrogens with zero attached hydrogens (tertiary/aromatic N) is 1. The molecule has 0 aliphatic carbocycles. The average molecular weight is 260 g/mol. The normalized spacial score (nSPS) is 11.9. The van der Waals surface area contributed by atoms with Gasteiger partial charge in [0.25, 0.3) is 0 Å². The molecule has 0 saturated carbocycles. The Balaban J connectivity index is 1.99. The number of aliphatic hydroxyl groups is 2. The second-order valence-electron chi connectivity index (χ2n) is 4.02. The van der Waals surface area contributed by atoms with Crippen LogP contribution in [0.1, 0.15) is 0 Å². The fourth-order valence-electron chi connectivity index (χ4n) is 1.50. The molecule has 0 radical (unpaired) electrons. The maximum Gasteiger partial charge on any atom is 0.219 e. The summed E-state index contributed by atoms with van der Waals surface area (Å²) >= 11 is 0. The number of hydrogen-bond acceptors (Lipinski definition) is 5. The summed E-state index contributed by atoms with van der Waals surface area (Å²) in [6, 6.07) is 12.8. The Hall–Kier alpha value is -2.11. The Morgan fingerprint density at radius 1 is 1.21 bits per heavy atom. The maximum absolute atomic E-state index is 9.27. The summed E-state index contributed by atoms with van der Waals surface area (Å²) in [5.74, 6) is 1.18. The van der Waals surface area contributed by atoms with Crippen LogP contribution in [-0.4, -0.2) is 34.5 Å². The van der Waals surface area contributed by atoms with E-state index in [0.29, 0.717) is 11.6 Å². The molecule has 100 valence electrons. The molecule has 0 aliphatic heterocycles. The van der Waals surface area contributed by atoms with Gasteiger partial charge in [0.15, 0.2) is 0 Å². The molecule has 0 saturated heterocycles. The van der Waals surface area contributed by atoms with Gasteiger partial charge in [-0.1, -0.05) is 12.1 Å². The summed E-state index contributed by atoms with van der Waals surface area (Å²) in [6.07, 6.45) is 0.884. The Bertz CT molecular complexity index is 505. The van der Waals surface area contributed by atoms with Crippen LogP contribution >= 0.6 is 0 Å². The first-order chi connectivity index (χ1) is 9.28. The summed E-state index contributed by atoms with van der Waals surface area (Å²) in [7, 11) is 0. The Morgan fingerprint density at radius 3 is 2.84 bits per heavy atom. The van der Waals surface area contributed by atoms with Gasteiger partial charge >= 0.3 is 0 Å². The van der Waals surface area contributed by atoms with E-state index < -0.39 is 6.10 Å². The van der Waals surface area contributed by atoms with Gasteiger partial charge in [-0.05, 0) is 18.2 Å². The molecule has 5 nitrogen and oxygen atoms in total. The number of nitrogens with one attached hydrogen (secondary N) is 1. The van der Waals surface area contributed by atoms with E-state index in [0.717, 1.165) is 5.69 Å². The molecule has 0 bridgehead atoms. The summed E-state index contributed by atoms with van der Waals surface area (Å²) in [6.45, 7) is 0.0145. The van der Waals surface area contributed by atoms with E-state index in [4.69, 9.17) is 9.84 Å². The Kier molecular flexibility index (Phi) is 4.72. The molecule has 3 N–H and O–H groups in total. The first-order valence-electron chi connectivity index (χ1n) is 5.99. The molecular weight excluding hydrogens is 244 g/mol. The van der Waals surface area contributed by atoms with Crippen LogP contribution in [0.3, 0.4) is 0 Å². The lowest BCUT2D eigenvalue weighted by molar-refractivity contribution is 0.105. The minimum Gasteiger partial charge on any atom is -0.439 e. The quantitative estimate of drug-likeness (QED) is 0.736. The van der Waals surface area contributed by atoms with Crippen LogP contribution in [0.25, 0.3) is 0 Å². The molecule has 0 aliphatic rings. The van der Waals surface area contributed by atoms with Gasteiger partial charge in [0.1, 0.15) is 5.75 Å². The largest absolute Gasteiger partial charge is 0.439 e. The van der Waals surface area contributed by atoms with Crippen LogP contribution in [0.4, 0.5) is 5.69 Å². The van der Waals surface area contributed by atoms with Crippen LogP contribution < -0.4 is 10.1 Å². The highest BCUT2D eigenvalue weighted by Gasteiger charge is 2.03. The van der Waals surface area contributed by atoms with Gasteiger partial charge in [0, 0.05) is 30.6 Å². The third-order valence-corrected chi connectivity index (χ3v) is 2.45. The van der Waals surface area contributed by atoms with Crippen molar-refractivity contribution in [2.45, 2.75) is 6.10 Å². The van der Waals surface area contributed by atoms with E-state index in [1.165, 1.54) is 0 Å². The van der Waals surface area contributed by atoms with Crippen LogP contribution in [-0.2, 0) is 0 Å². The molecule has 0 spiro atoms. The van der Waals surface area contributed by atoms with E-state index >= 15 is 0 Å². The molecule has 1 heterocycles. The fourth-order valence-corrected chi connectivity index (χ4v) is 1.50. The number of aliphatic hydroxyl groups excluding tert-OH is 2. The summed E-state index contributed by atoms with van der Waals surface area (Å²) in [5, 5.41) is 21.0. The SMILES string of the molecule is OCC(O)CNc1cccc(Oc2ccccn2)c1. The van der Waals surface area contributed by atoms with E-state index in [2.05, 4.69) is 10.3 Å². The van der Waals surface area contributed by atoms with Gasteiger partial charge in [-0.15, -0.1) is 0 Å². The molecular formula is C14H16N2O3. The number of benzene rings is 1. The number of ether oxygens (including phenoxy) is 1. The second kappa shape index (κ2) is 6.72. The van der Waals surface area contributed by atoms with Crippen LogP contribution in [0.15, 0.2) is 48.7 Å². The highest BCUT2D eigenvalue weighted by Crippen LogP contribution is 2.22. The van der Waals surface area contributed by atoms with Crippen molar-refractivity contribution in [3.05, 3.63) is 48.7 Å². The molecule has 19 heavy (non-hydrogen) atoms. The van der Waals surface area contributed by atoms with E-state index in [1.807, 2.05) is 30.3 Å². The summed E-state index contributed by atoms with van der Waals surface area (Å²) in [4.78, 5) is 4.08. The lowest BCUT2D eigenvalue weighted by Crippen LogP contribution is -2.22. The minimum atomic E-state index is -0.777. The van der Waals surface area contributed by atoms with Gasteiger partial charge in [-0.3, -0.25) is 0 Å². The lowest BCUT2D eigenvalue weighted by Gasteiger charge is -2.11. The fraction of sp³-hybridized carbons (Fsp3) is 0.214. The first kappa shape index (κ1) is 13.3. The third kappa shape index (κ3) is 4.24. The zero-order valence-electron chi connectivity index (χ0n) is 10.4. The smallest absolute Gasteiger partial charge is 0.219 e. The molecule has 1 aromatic heterocycles. The zero-order valence-corrected chi connectivity index (χ0v) is 10.4. The summed E-state index contributed by atoms with van der Waals surface area (Å²) in [5.41, 5.74) is 0.806. The van der Waals surface area contributed by atoms with Crippen LogP contribution in [0, 0.1) is 0 Å². The lowest BCUT2D eigenvalue weighted by atomic mass is 10.3. The van der Waals surface area contributed by atoms with E-state index in [1.54, 1.807) is 18.3 Å². The monoisotopic (exact) mass is 260 g/mol. The second-order valence-corrected chi connectivity index (χ2v) is 4.02. The predicted octanol–water partition coefficient (Wildman–Crippen LogP) is 1.64. The van der Waals surface area contributed by atoms with E-state index in [-0.39, 0.29) is 13.2 Å². The van der Waals surface area contributed by atoms with Crippen molar-refractivity contribution < 1.29 is 14.9 Å².